The lowest BCUT2D eigenvalue weighted by atomic mass is 10.0. The Hall–Kier alpha value is -3.26. The first-order chi connectivity index (χ1) is 16.6. The first-order valence-corrected chi connectivity index (χ1v) is 11.5. The van der Waals surface area contributed by atoms with E-state index in [1.54, 1.807) is 19.9 Å². The van der Waals surface area contributed by atoms with Crippen LogP contribution in [-0.2, 0) is 20.9 Å². The molecular formula is C27H33F2NO5. The standard InChI is InChI=1S/C15H18FNO4.C12H15FO/c1-9(2)13-7-21-15(19)17(13)14(18)8-20-11-4-5-12(16)10(3)6-11;1-3-4-7-14-9-11-5-6-12(13)10(2)8-11/h4-6,9,13H,7-8H2,1-3H3;3-6,8H,7,9H2,1-2H3/b;4-3+. The van der Waals surface area contributed by atoms with E-state index in [1.807, 2.05) is 39.0 Å². The Bertz CT molecular complexity index is 1040. The largest absolute Gasteiger partial charge is 0.484 e. The molecule has 1 fully saturated rings. The van der Waals surface area contributed by atoms with E-state index in [2.05, 4.69) is 0 Å². The van der Waals surface area contributed by atoms with Gasteiger partial charge in [0, 0.05) is 0 Å². The van der Waals surface area contributed by atoms with Gasteiger partial charge < -0.3 is 14.2 Å². The minimum absolute atomic E-state index is 0.105. The Morgan fingerprint density at radius 1 is 1.14 bits per heavy atom. The Morgan fingerprint density at radius 2 is 1.80 bits per heavy atom. The van der Waals surface area contributed by atoms with E-state index >= 15 is 0 Å². The van der Waals surface area contributed by atoms with Gasteiger partial charge in [-0.2, -0.15) is 0 Å². The van der Waals surface area contributed by atoms with Crippen molar-refractivity contribution < 1.29 is 32.6 Å². The molecule has 1 unspecified atom stereocenters. The number of carbonyl (C=O) groups excluding carboxylic acids is 2. The summed E-state index contributed by atoms with van der Waals surface area (Å²) in [6.45, 7) is 10.2. The number of benzene rings is 2. The van der Waals surface area contributed by atoms with Gasteiger partial charge in [-0.3, -0.25) is 4.79 Å². The molecule has 2 aromatic rings. The molecule has 0 radical (unpaired) electrons. The molecule has 35 heavy (non-hydrogen) atoms. The number of hydrogen-bond acceptors (Lipinski definition) is 5. The summed E-state index contributed by atoms with van der Waals surface area (Å²) in [7, 11) is 0. The molecule has 1 aliphatic rings. The zero-order valence-electron chi connectivity index (χ0n) is 20.8. The molecule has 2 aromatic carbocycles. The highest BCUT2D eigenvalue weighted by atomic mass is 19.1. The number of amides is 2. The molecule has 6 nitrogen and oxygen atoms in total. The first kappa shape index (κ1) is 28.0. The number of allylic oxidation sites excluding steroid dienone is 1. The van der Waals surface area contributed by atoms with E-state index in [9.17, 15) is 18.4 Å². The number of imide groups is 1. The highest BCUT2D eigenvalue weighted by Gasteiger charge is 2.39. The van der Waals surface area contributed by atoms with Crippen LogP contribution in [0, 0.1) is 31.4 Å². The number of ether oxygens (including phenoxy) is 3. The number of cyclic esters (lactones) is 1. The molecule has 0 aliphatic carbocycles. The van der Waals surface area contributed by atoms with Crippen LogP contribution in [0.15, 0.2) is 48.6 Å². The van der Waals surface area contributed by atoms with Crippen LogP contribution in [0.2, 0.25) is 0 Å². The maximum absolute atomic E-state index is 13.1. The minimum atomic E-state index is -0.641. The maximum Gasteiger partial charge on any atom is 0.417 e. The van der Waals surface area contributed by atoms with Crippen LogP contribution in [0.5, 0.6) is 5.75 Å². The molecule has 0 spiro atoms. The quantitative estimate of drug-likeness (QED) is 0.349. The summed E-state index contributed by atoms with van der Waals surface area (Å²) in [5, 5.41) is 0. The van der Waals surface area contributed by atoms with E-state index in [4.69, 9.17) is 14.2 Å². The monoisotopic (exact) mass is 489 g/mol. The number of halogens is 2. The Morgan fingerprint density at radius 3 is 2.40 bits per heavy atom. The first-order valence-electron chi connectivity index (χ1n) is 11.5. The molecule has 0 saturated carbocycles. The van der Waals surface area contributed by atoms with E-state index in [-0.39, 0.29) is 36.8 Å². The molecule has 2 amide bonds. The third kappa shape index (κ3) is 8.47. The summed E-state index contributed by atoms with van der Waals surface area (Å²) in [6.07, 6.45) is 3.24. The van der Waals surface area contributed by atoms with Crippen LogP contribution in [0.3, 0.4) is 0 Å². The third-order valence-corrected chi connectivity index (χ3v) is 5.38. The highest BCUT2D eigenvalue weighted by Crippen LogP contribution is 2.21. The Kier molecular flexibility index (Phi) is 10.9. The Labute approximate surface area is 205 Å². The maximum atomic E-state index is 13.1. The van der Waals surface area contributed by atoms with Crippen molar-refractivity contribution in [1.82, 2.24) is 4.90 Å². The zero-order chi connectivity index (χ0) is 26.0. The fraction of sp³-hybridized carbons (Fsp3) is 0.407. The second-order valence-corrected chi connectivity index (χ2v) is 8.52. The molecule has 1 atom stereocenters. The number of hydrogen-bond donors (Lipinski definition) is 0. The second-order valence-electron chi connectivity index (χ2n) is 8.52. The SMILES string of the molecule is C/C=C/COCc1ccc(F)c(C)c1.Cc1cc(OCC(=O)N2C(=O)OCC2C(C)C)ccc1F. The van der Waals surface area contributed by atoms with Gasteiger partial charge in [-0.15, -0.1) is 0 Å². The van der Waals surface area contributed by atoms with Crippen LogP contribution in [0.25, 0.3) is 0 Å². The van der Waals surface area contributed by atoms with Crippen molar-refractivity contribution in [2.24, 2.45) is 5.92 Å². The molecule has 1 heterocycles. The van der Waals surface area contributed by atoms with Crippen molar-refractivity contribution in [3.05, 3.63) is 76.9 Å². The highest BCUT2D eigenvalue weighted by molar-refractivity contribution is 5.94. The predicted octanol–water partition coefficient (Wildman–Crippen LogP) is 5.74. The number of rotatable bonds is 8. The van der Waals surface area contributed by atoms with Crippen LogP contribution >= 0.6 is 0 Å². The molecular weight excluding hydrogens is 456 g/mol. The topological polar surface area (TPSA) is 65.1 Å². The molecule has 0 bridgehead atoms. The van der Waals surface area contributed by atoms with Gasteiger partial charge in [0.15, 0.2) is 6.61 Å². The van der Waals surface area contributed by atoms with Crippen LogP contribution in [0.4, 0.5) is 13.6 Å². The average molecular weight is 490 g/mol. The number of carbonyl (C=O) groups is 2. The lowest BCUT2D eigenvalue weighted by molar-refractivity contribution is -0.131. The van der Waals surface area contributed by atoms with Crippen molar-refractivity contribution in [2.75, 3.05) is 19.8 Å². The molecule has 0 aromatic heterocycles. The van der Waals surface area contributed by atoms with E-state index in [0.29, 0.717) is 30.1 Å². The molecule has 3 rings (SSSR count). The number of aryl methyl sites for hydroxylation is 2. The zero-order valence-corrected chi connectivity index (χ0v) is 20.8. The normalized spacial score (nSPS) is 15.3. The summed E-state index contributed by atoms with van der Waals surface area (Å²) in [5.74, 6) is -0.471. The second kappa shape index (κ2) is 13.6. The van der Waals surface area contributed by atoms with E-state index < -0.39 is 12.0 Å². The Balaban J connectivity index is 0.000000269. The summed E-state index contributed by atoms with van der Waals surface area (Å²) in [4.78, 5) is 24.8. The lowest BCUT2D eigenvalue weighted by Gasteiger charge is -2.22. The van der Waals surface area contributed by atoms with Crippen molar-refractivity contribution >= 4 is 12.0 Å². The van der Waals surface area contributed by atoms with Gasteiger partial charge in [-0.1, -0.05) is 38.1 Å². The molecule has 0 N–H and O–H groups in total. The molecule has 1 saturated heterocycles. The van der Waals surface area contributed by atoms with E-state index in [0.717, 1.165) is 10.5 Å². The van der Waals surface area contributed by atoms with Gasteiger partial charge in [-0.25, -0.2) is 18.5 Å². The van der Waals surface area contributed by atoms with Crippen LogP contribution < -0.4 is 4.74 Å². The molecule has 190 valence electrons. The average Bonchev–Trinajstić information content (AvgIpc) is 3.22. The predicted molar refractivity (Wildman–Crippen MR) is 129 cm³/mol. The third-order valence-electron chi connectivity index (χ3n) is 5.38. The minimum Gasteiger partial charge on any atom is -0.484 e. The van der Waals surface area contributed by atoms with Gasteiger partial charge >= 0.3 is 6.09 Å². The van der Waals surface area contributed by atoms with Gasteiger partial charge in [0.2, 0.25) is 0 Å². The smallest absolute Gasteiger partial charge is 0.417 e. The van der Waals surface area contributed by atoms with Crippen LogP contribution in [0.1, 0.15) is 37.5 Å². The van der Waals surface area contributed by atoms with Crippen molar-refractivity contribution in [3.8, 4) is 5.75 Å². The molecule has 8 heteroatoms. The van der Waals surface area contributed by atoms with E-state index in [1.165, 1.54) is 24.3 Å². The van der Waals surface area contributed by atoms with Crippen molar-refractivity contribution in [3.63, 3.8) is 0 Å². The fourth-order valence-electron chi connectivity index (χ4n) is 3.27. The summed E-state index contributed by atoms with van der Waals surface area (Å²) >= 11 is 0. The summed E-state index contributed by atoms with van der Waals surface area (Å²) in [5.41, 5.74) is 2.10. The van der Waals surface area contributed by atoms with Crippen LogP contribution in [-0.4, -0.2) is 42.8 Å². The molecule has 1 aliphatic heterocycles. The van der Waals surface area contributed by atoms with Gasteiger partial charge in [0.05, 0.1) is 19.3 Å². The number of nitrogens with zero attached hydrogens (tertiary/aromatic N) is 1. The van der Waals surface area contributed by atoms with Gasteiger partial charge in [0.25, 0.3) is 5.91 Å². The lowest BCUT2D eigenvalue weighted by Crippen LogP contribution is -2.44. The fourth-order valence-corrected chi connectivity index (χ4v) is 3.27. The summed E-state index contributed by atoms with van der Waals surface area (Å²) in [6, 6.07) is 8.98. The van der Waals surface area contributed by atoms with Gasteiger partial charge in [-0.05, 0) is 67.6 Å². The van der Waals surface area contributed by atoms with Gasteiger partial charge in [0.1, 0.15) is 24.0 Å². The van der Waals surface area contributed by atoms with Crippen molar-refractivity contribution in [1.29, 1.82) is 0 Å². The summed E-state index contributed by atoms with van der Waals surface area (Å²) < 4.78 is 41.6. The van der Waals surface area contributed by atoms with Crippen molar-refractivity contribution in [2.45, 2.75) is 47.3 Å².